The van der Waals surface area contributed by atoms with Crippen LogP contribution in [0.1, 0.15) is 39.0 Å². The number of hydrogen-bond acceptors (Lipinski definition) is 3. The third-order valence-corrected chi connectivity index (χ3v) is 3.99. The predicted molar refractivity (Wildman–Crippen MR) is 58.5 cm³/mol. The fourth-order valence-corrected chi connectivity index (χ4v) is 3.16. The molecule has 1 aliphatic heterocycles. The van der Waals surface area contributed by atoms with Gasteiger partial charge in [-0.15, -0.1) is 0 Å². The van der Waals surface area contributed by atoms with Gasteiger partial charge in [-0.2, -0.15) is 0 Å². The minimum absolute atomic E-state index is 0.0180. The summed E-state index contributed by atoms with van der Waals surface area (Å²) in [7, 11) is 0. The molecule has 1 saturated carbocycles. The second-order valence-electron chi connectivity index (χ2n) is 4.86. The van der Waals surface area contributed by atoms with Crippen molar-refractivity contribution in [3.05, 3.63) is 0 Å². The lowest BCUT2D eigenvalue weighted by Gasteiger charge is -2.36. The van der Waals surface area contributed by atoms with Gasteiger partial charge in [0, 0.05) is 13.1 Å². The summed E-state index contributed by atoms with van der Waals surface area (Å²) < 4.78 is 5.17. The Morgan fingerprint density at radius 2 is 2.13 bits per heavy atom. The van der Waals surface area contributed by atoms with Crippen LogP contribution in [0, 0.1) is 11.3 Å². The minimum Gasteiger partial charge on any atom is -0.466 e. The summed E-state index contributed by atoms with van der Waals surface area (Å²) in [5.41, 5.74) is 0.227. The molecule has 3 heteroatoms. The van der Waals surface area contributed by atoms with Gasteiger partial charge in [-0.3, -0.25) is 4.79 Å². The highest BCUT2D eigenvalue weighted by atomic mass is 16.5. The van der Waals surface area contributed by atoms with Gasteiger partial charge < -0.3 is 10.1 Å². The zero-order valence-corrected chi connectivity index (χ0v) is 9.55. The molecule has 2 fully saturated rings. The molecule has 0 unspecified atom stereocenters. The highest BCUT2D eigenvalue weighted by molar-refractivity contribution is 5.74. The summed E-state index contributed by atoms with van der Waals surface area (Å²) in [4.78, 5) is 11.9. The molecule has 1 N–H and O–H groups in total. The van der Waals surface area contributed by atoms with Gasteiger partial charge in [0.2, 0.25) is 0 Å². The molecule has 1 aliphatic carbocycles. The SMILES string of the molecule is CCOC(=O)[C@H]1CNCC12CCCCC2. The van der Waals surface area contributed by atoms with E-state index in [1.54, 1.807) is 0 Å². The van der Waals surface area contributed by atoms with Crippen molar-refractivity contribution < 1.29 is 9.53 Å². The second-order valence-corrected chi connectivity index (χ2v) is 4.86. The van der Waals surface area contributed by atoms with Crippen molar-refractivity contribution in [2.75, 3.05) is 19.7 Å². The van der Waals surface area contributed by atoms with Crippen LogP contribution in [-0.2, 0) is 9.53 Å². The maximum absolute atomic E-state index is 11.9. The molecule has 0 amide bonds. The molecule has 1 heterocycles. The molecular weight excluding hydrogens is 190 g/mol. The van der Waals surface area contributed by atoms with Crippen molar-refractivity contribution in [1.29, 1.82) is 0 Å². The Morgan fingerprint density at radius 3 is 2.80 bits per heavy atom. The molecule has 2 aliphatic rings. The first-order chi connectivity index (χ1) is 7.28. The molecule has 86 valence electrons. The lowest BCUT2D eigenvalue weighted by molar-refractivity contribution is -0.151. The summed E-state index contributed by atoms with van der Waals surface area (Å²) in [5, 5.41) is 3.37. The first-order valence-electron chi connectivity index (χ1n) is 6.16. The molecule has 1 saturated heterocycles. The second kappa shape index (κ2) is 4.52. The normalized spacial score (nSPS) is 29.3. The van der Waals surface area contributed by atoms with Crippen molar-refractivity contribution >= 4 is 5.97 Å². The standard InChI is InChI=1S/C12H21NO2/c1-2-15-11(14)10-8-13-9-12(10)6-4-3-5-7-12/h10,13H,2-9H2,1H3/t10-/m1/s1. The monoisotopic (exact) mass is 211 g/mol. The Morgan fingerprint density at radius 1 is 1.40 bits per heavy atom. The zero-order chi connectivity index (χ0) is 10.7. The highest BCUT2D eigenvalue weighted by Gasteiger charge is 2.47. The number of ether oxygens (including phenoxy) is 1. The van der Waals surface area contributed by atoms with Crippen LogP contribution >= 0.6 is 0 Å². The van der Waals surface area contributed by atoms with Crippen LogP contribution in [0.3, 0.4) is 0 Å². The average Bonchev–Trinajstić information content (AvgIpc) is 2.63. The topological polar surface area (TPSA) is 38.3 Å². The maximum atomic E-state index is 11.9. The van der Waals surface area contributed by atoms with Gasteiger partial charge >= 0.3 is 5.97 Å². The molecule has 1 spiro atoms. The Hall–Kier alpha value is -0.570. The van der Waals surface area contributed by atoms with E-state index in [-0.39, 0.29) is 17.3 Å². The maximum Gasteiger partial charge on any atom is 0.310 e. The summed E-state index contributed by atoms with van der Waals surface area (Å²) in [6.45, 7) is 4.22. The largest absolute Gasteiger partial charge is 0.466 e. The number of nitrogens with one attached hydrogen (secondary N) is 1. The molecule has 0 aromatic carbocycles. The van der Waals surface area contributed by atoms with E-state index in [0.717, 1.165) is 13.1 Å². The molecule has 2 rings (SSSR count). The van der Waals surface area contributed by atoms with Crippen LogP contribution in [0.4, 0.5) is 0 Å². The van der Waals surface area contributed by atoms with Gasteiger partial charge in [-0.05, 0) is 25.2 Å². The summed E-state index contributed by atoms with van der Waals surface area (Å²) in [5.74, 6) is 0.127. The van der Waals surface area contributed by atoms with Crippen LogP contribution in [0.2, 0.25) is 0 Å². The number of rotatable bonds is 2. The molecule has 0 radical (unpaired) electrons. The molecule has 3 nitrogen and oxygen atoms in total. The van der Waals surface area contributed by atoms with Crippen LogP contribution < -0.4 is 5.32 Å². The van der Waals surface area contributed by atoms with E-state index in [9.17, 15) is 4.79 Å². The molecule has 0 aromatic rings. The Labute approximate surface area is 91.6 Å². The number of carbonyl (C=O) groups excluding carboxylic acids is 1. The third-order valence-electron chi connectivity index (χ3n) is 3.99. The molecular formula is C12H21NO2. The molecule has 15 heavy (non-hydrogen) atoms. The number of carbonyl (C=O) groups is 1. The minimum atomic E-state index is 0.0180. The molecule has 1 atom stereocenters. The van der Waals surface area contributed by atoms with E-state index in [1.807, 2.05) is 6.92 Å². The van der Waals surface area contributed by atoms with E-state index < -0.39 is 0 Å². The van der Waals surface area contributed by atoms with Crippen molar-refractivity contribution in [3.8, 4) is 0 Å². The van der Waals surface area contributed by atoms with Gasteiger partial charge in [0.15, 0.2) is 0 Å². The Kier molecular flexibility index (Phi) is 3.29. The van der Waals surface area contributed by atoms with Crippen molar-refractivity contribution in [2.24, 2.45) is 11.3 Å². The Bertz CT molecular complexity index is 234. The van der Waals surface area contributed by atoms with E-state index >= 15 is 0 Å². The fraction of sp³-hybridized carbons (Fsp3) is 0.917. The van der Waals surface area contributed by atoms with Crippen molar-refractivity contribution in [1.82, 2.24) is 5.32 Å². The summed E-state index contributed by atoms with van der Waals surface area (Å²) >= 11 is 0. The highest BCUT2D eigenvalue weighted by Crippen LogP contribution is 2.45. The molecule has 0 bridgehead atoms. The van der Waals surface area contributed by atoms with Gasteiger partial charge in [-0.25, -0.2) is 0 Å². The van der Waals surface area contributed by atoms with Gasteiger partial charge in [0.1, 0.15) is 0 Å². The quantitative estimate of drug-likeness (QED) is 0.707. The fourth-order valence-electron chi connectivity index (χ4n) is 3.16. The molecule has 0 aromatic heterocycles. The van der Waals surface area contributed by atoms with E-state index in [2.05, 4.69) is 5.32 Å². The summed E-state index contributed by atoms with van der Waals surface area (Å²) in [6.07, 6.45) is 6.28. The van der Waals surface area contributed by atoms with E-state index in [4.69, 9.17) is 4.74 Å². The smallest absolute Gasteiger partial charge is 0.310 e. The van der Waals surface area contributed by atoms with Crippen LogP contribution in [0.15, 0.2) is 0 Å². The average molecular weight is 211 g/mol. The van der Waals surface area contributed by atoms with Crippen molar-refractivity contribution in [3.63, 3.8) is 0 Å². The van der Waals surface area contributed by atoms with Crippen molar-refractivity contribution in [2.45, 2.75) is 39.0 Å². The third kappa shape index (κ3) is 2.03. The number of esters is 1. The first kappa shape index (κ1) is 10.9. The van der Waals surface area contributed by atoms with Gasteiger partial charge in [-0.1, -0.05) is 19.3 Å². The number of hydrogen-bond donors (Lipinski definition) is 1. The first-order valence-corrected chi connectivity index (χ1v) is 6.16. The van der Waals surface area contributed by atoms with E-state index in [0.29, 0.717) is 6.61 Å². The predicted octanol–water partition coefficient (Wildman–Crippen LogP) is 1.72. The lowest BCUT2D eigenvalue weighted by atomic mass is 9.68. The summed E-state index contributed by atoms with van der Waals surface area (Å²) in [6, 6.07) is 0. The lowest BCUT2D eigenvalue weighted by Crippen LogP contribution is -2.37. The van der Waals surface area contributed by atoms with Crippen LogP contribution in [0.5, 0.6) is 0 Å². The zero-order valence-electron chi connectivity index (χ0n) is 9.55. The van der Waals surface area contributed by atoms with Crippen LogP contribution in [-0.4, -0.2) is 25.7 Å². The van der Waals surface area contributed by atoms with Crippen LogP contribution in [0.25, 0.3) is 0 Å². The van der Waals surface area contributed by atoms with Gasteiger partial charge in [0.25, 0.3) is 0 Å². The van der Waals surface area contributed by atoms with E-state index in [1.165, 1.54) is 32.1 Å². The van der Waals surface area contributed by atoms with Gasteiger partial charge in [0.05, 0.1) is 12.5 Å². The Balaban J connectivity index is 2.06.